The summed E-state index contributed by atoms with van der Waals surface area (Å²) in [4.78, 5) is 24.3. The van der Waals surface area contributed by atoms with Crippen molar-refractivity contribution in [2.75, 3.05) is 6.54 Å². The molecular weight excluding hydrogens is 248 g/mol. The summed E-state index contributed by atoms with van der Waals surface area (Å²) in [6, 6.07) is -0.659. The van der Waals surface area contributed by atoms with Crippen molar-refractivity contribution in [3.05, 3.63) is 18.0 Å². The van der Waals surface area contributed by atoms with E-state index in [-0.39, 0.29) is 12.6 Å². The Hall–Kier alpha value is -2.05. The molecule has 0 saturated carbocycles. The molecule has 0 aliphatic rings. The van der Waals surface area contributed by atoms with Gasteiger partial charge in [-0.05, 0) is 27.7 Å². The average Bonchev–Trinajstić information content (AvgIpc) is 2.77. The summed E-state index contributed by atoms with van der Waals surface area (Å²) in [5.74, 6) is -1.04. The zero-order valence-electron chi connectivity index (χ0n) is 11.6. The highest BCUT2D eigenvalue weighted by atomic mass is 16.4. The topological polar surface area (TPSA) is 98.3 Å². The Bertz CT molecular complexity index is 436. The Morgan fingerprint density at radius 3 is 2.58 bits per heavy atom. The summed E-state index contributed by atoms with van der Waals surface area (Å²) in [6.07, 6.45) is 3.30. The Morgan fingerprint density at radius 2 is 2.16 bits per heavy atom. The van der Waals surface area contributed by atoms with E-state index in [1.54, 1.807) is 33.2 Å². The van der Waals surface area contributed by atoms with Gasteiger partial charge in [-0.1, -0.05) is 0 Å². The third-order valence-electron chi connectivity index (χ3n) is 2.71. The van der Waals surface area contributed by atoms with E-state index in [1.165, 1.54) is 4.90 Å². The molecule has 1 aromatic rings. The van der Waals surface area contributed by atoms with Crippen LogP contribution in [0.1, 0.15) is 39.3 Å². The van der Waals surface area contributed by atoms with E-state index < -0.39 is 17.5 Å². The van der Waals surface area contributed by atoms with Crippen molar-refractivity contribution in [3.63, 3.8) is 0 Å². The molecule has 19 heavy (non-hydrogen) atoms. The van der Waals surface area contributed by atoms with E-state index in [1.807, 2.05) is 6.92 Å². The Morgan fingerprint density at radius 1 is 1.53 bits per heavy atom. The second kappa shape index (κ2) is 5.73. The van der Waals surface area contributed by atoms with E-state index in [2.05, 4.69) is 15.5 Å². The maximum atomic E-state index is 12.2. The number of aromatic nitrogens is 2. The molecule has 0 bridgehead atoms. The normalized spacial score (nSPS) is 12.8. The molecule has 0 fully saturated rings. The van der Waals surface area contributed by atoms with Crippen LogP contribution < -0.4 is 5.32 Å². The number of carbonyl (C=O) groups is 2. The molecule has 0 aliphatic carbocycles. The third kappa shape index (κ3) is 4.27. The summed E-state index contributed by atoms with van der Waals surface area (Å²) in [7, 11) is 0. The van der Waals surface area contributed by atoms with Crippen LogP contribution in [-0.2, 0) is 4.79 Å². The highest BCUT2D eigenvalue weighted by Gasteiger charge is 2.29. The molecular formula is C12H20N4O3. The number of nitrogens with zero attached hydrogens (tertiary/aromatic N) is 2. The SMILES string of the molecule is CC(NC(=O)N(CC(=O)O)C(C)(C)C)c1cn[nH]c1. The zero-order chi connectivity index (χ0) is 14.6. The van der Waals surface area contributed by atoms with Gasteiger partial charge in [0, 0.05) is 17.3 Å². The minimum atomic E-state index is -1.04. The number of rotatable bonds is 4. The van der Waals surface area contributed by atoms with E-state index in [0.29, 0.717) is 0 Å². The molecule has 0 aromatic carbocycles. The molecule has 0 saturated heterocycles. The van der Waals surface area contributed by atoms with E-state index in [4.69, 9.17) is 5.11 Å². The number of aliphatic carboxylic acids is 1. The van der Waals surface area contributed by atoms with Gasteiger partial charge in [-0.15, -0.1) is 0 Å². The van der Waals surface area contributed by atoms with Crippen LogP contribution in [0.2, 0.25) is 0 Å². The molecule has 1 heterocycles. The second-order valence-corrected chi connectivity index (χ2v) is 5.35. The molecule has 7 heteroatoms. The Labute approximate surface area is 112 Å². The van der Waals surface area contributed by atoms with Gasteiger partial charge in [0.1, 0.15) is 6.54 Å². The number of amides is 2. The first-order valence-electron chi connectivity index (χ1n) is 6.00. The van der Waals surface area contributed by atoms with Gasteiger partial charge in [0.25, 0.3) is 0 Å². The number of urea groups is 1. The van der Waals surface area contributed by atoms with Gasteiger partial charge in [0.2, 0.25) is 0 Å². The van der Waals surface area contributed by atoms with Crippen LogP contribution in [0.5, 0.6) is 0 Å². The van der Waals surface area contributed by atoms with Crippen LogP contribution in [0, 0.1) is 0 Å². The average molecular weight is 268 g/mol. The second-order valence-electron chi connectivity index (χ2n) is 5.35. The summed E-state index contributed by atoms with van der Waals surface area (Å²) in [5, 5.41) is 18.1. The Kier molecular flexibility index (Phi) is 4.52. The lowest BCUT2D eigenvalue weighted by molar-refractivity contribution is -0.138. The fraction of sp³-hybridized carbons (Fsp3) is 0.583. The van der Waals surface area contributed by atoms with Gasteiger partial charge in [-0.3, -0.25) is 9.89 Å². The van der Waals surface area contributed by atoms with Crippen LogP contribution in [0.4, 0.5) is 4.79 Å². The maximum absolute atomic E-state index is 12.2. The standard InChI is InChI=1S/C12H20N4O3/c1-8(9-5-13-14-6-9)15-11(19)16(7-10(17)18)12(2,3)4/h5-6,8H,7H2,1-4H3,(H,13,14)(H,15,19)(H,17,18). The van der Waals surface area contributed by atoms with Crippen molar-refractivity contribution in [2.45, 2.75) is 39.3 Å². The first-order valence-corrected chi connectivity index (χ1v) is 6.00. The van der Waals surface area contributed by atoms with E-state index in [9.17, 15) is 9.59 Å². The molecule has 2 amide bonds. The smallest absolute Gasteiger partial charge is 0.323 e. The molecule has 1 rings (SSSR count). The van der Waals surface area contributed by atoms with Crippen molar-refractivity contribution in [3.8, 4) is 0 Å². The lowest BCUT2D eigenvalue weighted by atomic mass is 10.1. The van der Waals surface area contributed by atoms with Crippen molar-refractivity contribution in [1.82, 2.24) is 20.4 Å². The molecule has 0 radical (unpaired) electrons. The monoisotopic (exact) mass is 268 g/mol. The van der Waals surface area contributed by atoms with Crippen LogP contribution in [0.3, 0.4) is 0 Å². The molecule has 7 nitrogen and oxygen atoms in total. The van der Waals surface area contributed by atoms with Gasteiger partial charge in [-0.25, -0.2) is 4.79 Å². The number of carboxylic acids is 1. The molecule has 0 aliphatic heterocycles. The lowest BCUT2D eigenvalue weighted by Gasteiger charge is -2.35. The molecule has 1 atom stereocenters. The molecule has 106 valence electrons. The highest BCUT2D eigenvalue weighted by molar-refractivity contribution is 5.81. The van der Waals surface area contributed by atoms with Gasteiger partial charge >= 0.3 is 12.0 Å². The molecule has 3 N–H and O–H groups in total. The van der Waals surface area contributed by atoms with Crippen LogP contribution in [-0.4, -0.2) is 44.3 Å². The lowest BCUT2D eigenvalue weighted by Crippen LogP contribution is -2.52. The molecule has 1 aromatic heterocycles. The van der Waals surface area contributed by atoms with Gasteiger partial charge in [0.15, 0.2) is 0 Å². The predicted molar refractivity (Wildman–Crippen MR) is 69.6 cm³/mol. The van der Waals surface area contributed by atoms with Gasteiger partial charge < -0.3 is 15.3 Å². The quantitative estimate of drug-likeness (QED) is 0.768. The maximum Gasteiger partial charge on any atom is 0.323 e. The zero-order valence-corrected chi connectivity index (χ0v) is 11.6. The van der Waals surface area contributed by atoms with Crippen LogP contribution in [0.15, 0.2) is 12.4 Å². The van der Waals surface area contributed by atoms with Gasteiger partial charge in [-0.2, -0.15) is 5.10 Å². The Balaban J connectivity index is 2.75. The third-order valence-corrected chi connectivity index (χ3v) is 2.71. The predicted octanol–water partition coefficient (Wildman–Crippen LogP) is 1.37. The number of aromatic amines is 1. The van der Waals surface area contributed by atoms with Crippen molar-refractivity contribution >= 4 is 12.0 Å². The fourth-order valence-corrected chi connectivity index (χ4v) is 1.59. The summed E-state index contributed by atoms with van der Waals surface area (Å²) >= 11 is 0. The van der Waals surface area contributed by atoms with Crippen molar-refractivity contribution in [2.24, 2.45) is 0 Å². The molecule has 0 spiro atoms. The van der Waals surface area contributed by atoms with Crippen LogP contribution >= 0.6 is 0 Å². The summed E-state index contributed by atoms with van der Waals surface area (Å²) < 4.78 is 0. The highest BCUT2D eigenvalue weighted by Crippen LogP contribution is 2.15. The number of carboxylic acid groups (broad SMARTS) is 1. The number of hydrogen-bond donors (Lipinski definition) is 3. The fourth-order valence-electron chi connectivity index (χ4n) is 1.59. The van der Waals surface area contributed by atoms with Crippen molar-refractivity contribution < 1.29 is 14.7 Å². The van der Waals surface area contributed by atoms with Gasteiger partial charge in [0.05, 0.1) is 12.2 Å². The van der Waals surface area contributed by atoms with Crippen LogP contribution in [0.25, 0.3) is 0 Å². The number of nitrogens with one attached hydrogen (secondary N) is 2. The summed E-state index contributed by atoms with van der Waals surface area (Å²) in [5.41, 5.74) is 0.260. The van der Waals surface area contributed by atoms with E-state index in [0.717, 1.165) is 5.56 Å². The van der Waals surface area contributed by atoms with Crippen molar-refractivity contribution in [1.29, 1.82) is 0 Å². The largest absolute Gasteiger partial charge is 0.480 e. The number of carbonyl (C=O) groups excluding carboxylic acids is 1. The van der Waals surface area contributed by atoms with E-state index >= 15 is 0 Å². The minimum absolute atomic E-state index is 0.245. The molecule has 1 unspecified atom stereocenters. The summed E-state index contributed by atoms with van der Waals surface area (Å²) in [6.45, 7) is 6.84. The number of hydrogen-bond acceptors (Lipinski definition) is 3. The number of H-pyrrole nitrogens is 1. The first kappa shape index (κ1) is 15.0. The minimum Gasteiger partial charge on any atom is -0.480 e. The first-order chi connectivity index (χ1) is 8.71.